The molecule has 0 fully saturated rings. The van der Waals surface area contributed by atoms with Gasteiger partial charge in [-0.15, -0.1) is 0 Å². The van der Waals surface area contributed by atoms with Gasteiger partial charge in [-0.05, 0) is 57.8 Å². The molecule has 0 saturated carbocycles. The molecular formula is C41H78NO8P. The van der Waals surface area contributed by atoms with Gasteiger partial charge in [-0.3, -0.25) is 18.6 Å². The maximum absolute atomic E-state index is 12.6. The van der Waals surface area contributed by atoms with Gasteiger partial charge in [-0.2, -0.15) is 0 Å². The zero-order chi connectivity index (χ0) is 37.5. The minimum Gasteiger partial charge on any atom is -0.462 e. The SMILES string of the molecule is CCCCC=CCCCCCCCC(=O)OC[C@H](COP(=O)(O)OCCN)OC(=O)CCCCCCCCCCCC=CCCCCCCCC. The van der Waals surface area contributed by atoms with Crippen molar-refractivity contribution in [3.8, 4) is 0 Å². The summed E-state index contributed by atoms with van der Waals surface area (Å²) in [6.07, 6.45) is 39.2. The van der Waals surface area contributed by atoms with E-state index in [4.69, 9.17) is 24.3 Å². The molecule has 51 heavy (non-hydrogen) atoms. The van der Waals surface area contributed by atoms with E-state index in [9.17, 15) is 19.0 Å². The van der Waals surface area contributed by atoms with Crippen molar-refractivity contribution < 1.29 is 37.6 Å². The molecule has 300 valence electrons. The molecule has 2 atom stereocenters. The first kappa shape index (κ1) is 49.5. The van der Waals surface area contributed by atoms with Crippen molar-refractivity contribution in [1.82, 2.24) is 0 Å². The fourth-order valence-electron chi connectivity index (χ4n) is 5.67. The van der Waals surface area contributed by atoms with E-state index in [0.717, 1.165) is 64.2 Å². The van der Waals surface area contributed by atoms with Gasteiger partial charge in [0.15, 0.2) is 6.10 Å². The standard InChI is InChI=1S/C41H78NO8P/c1-3-5-7-9-11-13-15-16-17-18-19-20-21-22-24-26-28-30-32-34-41(44)50-39(38-49-51(45,46)48-36-35-42)37-47-40(43)33-31-29-27-25-23-14-12-10-8-6-4-2/h10,12,16-17,39H,3-9,11,13-15,18-38,42H2,1-2H3,(H,45,46)/t39-/m1/s1. The number of nitrogens with two attached hydrogens (primary N) is 1. The molecular weight excluding hydrogens is 665 g/mol. The molecule has 0 saturated heterocycles. The third kappa shape index (κ3) is 38.0. The third-order valence-electron chi connectivity index (χ3n) is 8.81. The highest BCUT2D eigenvalue weighted by molar-refractivity contribution is 7.47. The number of rotatable bonds is 39. The van der Waals surface area contributed by atoms with Crippen LogP contribution in [0.25, 0.3) is 0 Å². The molecule has 0 aromatic carbocycles. The number of hydrogen-bond donors (Lipinski definition) is 2. The molecule has 0 spiro atoms. The largest absolute Gasteiger partial charge is 0.472 e. The van der Waals surface area contributed by atoms with Crippen molar-refractivity contribution >= 4 is 19.8 Å². The molecule has 3 N–H and O–H groups in total. The second-order valence-corrected chi connectivity index (χ2v) is 15.3. The number of unbranched alkanes of at least 4 members (excludes halogenated alkanes) is 22. The normalized spacial score (nSPS) is 13.6. The van der Waals surface area contributed by atoms with E-state index in [1.165, 1.54) is 96.3 Å². The van der Waals surface area contributed by atoms with Gasteiger partial charge in [-0.1, -0.05) is 147 Å². The Morgan fingerprint density at radius 3 is 1.45 bits per heavy atom. The highest BCUT2D eigenvalue weighted by atomic mass is 31.2. The molecule has 1 unspecified atom stereocenters. The average Bonchev–Trinajstić information content (AvgIpc) is 3.11. The lowest BCUT2D eigenvalue weighted by atomic mass is 10.1. The third-order valence-corrected chi connectivity index (χ3v) is 9.79. The average molecular weight is 744 g/mol. The summed E-state index contributed by atoms with van der Waals surface area (Å²) in [4.78, 5) is 34.7. The van der Waals surface area contributed by atoms with Crippen LogP contribution in [0.4, 0.5) is 0 Å². The molecule has 0 aliphatic heterocycles. The van der Waals surface area contributed by atoms with Crippen LogP contribution in [0.1, 0.15) is 194 Å². The lowest BCUT2D eigenvalue weighted by Crippen LogP contribution is -2.29. The predicted molar refractivity (Wildman–Crippen MR) is 211 cm³/mol. The van der Waals surface area contributed by atoms with Gasteiger partial charge in [-0.25, -0.2) is 4.57 Å². The van der Waals surface area contributed by atoms with E-state index in [1.54, 1.807) is 0 Å². The number of hydrogen-bond acceptors (Lipinski definition) is 8. The maximum atomic E-state index is 12.6. The second-order valence-electron chi connectivity index (χ2n) is 13.8. The molecule has 10 heteroatoms. The summed E-state index contributed by atoms with van der Waals surface area (Å²) < 4.78 is 32.7. The summed E-state index contributed by atoms with van der Waals surface area (Å²) in [6.45, 7) is 3.68. The van der Waals surface area contributed by atoms with E-state index in [0.29, 0.717) is 6.42 Å². The van der Waals surface area contributed by atoms with E-state index in [-0.39, 0.29) is 32.6 Å². The monoisotopic (exact) mass is 744 g/mol. The van der Waals surface area contributed by atoms with Crippen LogP contribution in [0.3, 0.4) is 0 Å². The number of carbonyl (C=O) groups excluding carboxylic acids is 2. The molecule has 0 radical (unpaired) electrons. The first-order valence-corrected chi connectivity index (χ1v) is 22.3. The zero-order valence-corrected chi connectivity index (χ0v) is 33.7. The Balaban J connectivity index is 4.13. The Kier molecular flexibility index (Phi) is 37.1. The van der Waals surface area contributed by atoms with E-state index >= 15 is 0 Å². The van der Waals surface area contributed by atoms with Crippen LogP contribution in [-0.4, -0.2) is 49.3 Å². The van der Waals surface area contributed by atoms with Gasteiger partial charge in [0.25, 0.3) is 0 Å². The summed E-state index contributed by atoms with van der Waals surface area (Å²) in [5.74, 6) is -0.839. The topological polar surface area (TPSA) is 134 Å². The molecule has 0 heterocycles. The lowest BCUT2D eigenvalue weighted by molar-refractivity contribution is -0.161. The Hall–Kier alpha value is -1.51. The van der Waals surface area contributed by atoms with Crippen LogP contribution >= 0.6 is 7.82 Å². The molecule has 0 amide bonds. The molecule has 0 aliphatic carbocycles. The van der Waals surface area contributed by atoms with Gasteiger partial charge < -0.3 is 20.1 Å². The van der Waals surface area contributed by atoms with Crippen molar-refractivity contribution in [2.45, 2.75) is 200 Å². The first-order valence-electron chi connectivity index (χ1n) is 20.8. The maximum Gasteiger partial charge on any atom is 0.472 e. The molecule has 9 nitrogen and oxygen atoms in total. The molecule has 0 bridgehead atoms. The van der Waals surface area contributed by atoms with E-state index in [2.05, 4.69) is 38.2 Å². The number of phosphoric acid groups is 1. The number of phosphoric ester groups is 1. The fraction of sp³-hybridized carbons (Fsp3) is 0.854. The molecule has 0 rings (SSSR count). The first-order chi connectivity index (χ1) is 24.8. The fourth-order valence-corrected chi connectivity index (χ4v) is 6.43. The van der Waals surface area contributed by atoms with E-state index < -0.39 is 32.5 Å². The highest BCUT2D eigenvalue weighted by Crippen LogP contribution is 2.43. The van der Waals surface area contributed by atoms with Crippen molar-refractivity contribution in [2.75, 3.05) is 26.4 Å². The minimum absolute atomic E-state index is 0.0529. The Bertz CT molecular complexity index is 897. The van der Waals surface area contributed by atoms with Crippen LogP contribution in [-0.2, 0) is 32.7 Å². The van der Waals surface area contributed by atoms with Crippen molar-refractivity contribution in [3.05, 3.63) is 24.3 Å². The Morgan fingerprint density at radius 1 is 0.569 bits per heavy atom. The lowest BCUT2D eigenvalue weighted by Gasteiger charge is -2.19. The smallest absolute Gasteiger partial charge is 0.462 e. The van der Waals surface area contributed by atoms with Crippen molar-refractivity contribution in [1.29, 1.82) is 0 Å². The second kappa shape index (κ2) is 38.2. The molecule has 0 aliphatic rings. The summed E-state index contributed by atoms with van der Waals surface area (Å²) in [5.41, 5.74) is 5.34. The van der Waals surface area contributed by atoms with E-state index in [1.807, 2.05) is 0 Å². The van der Waals surface area contributed by atoms with Crippen LogP contribution in [0.2, 0.25) is 0 Å². The quantitative estimate of drug-likeness (QED) is 0.0273. The van der Waals surface area contributed by atoms with Gasteiger partial charge in [0.1, 0.15) is 6.61 Å². The van der Waals surface area contributed by atoms with Gasteiger partial charge >= 0.3 is 19.8 Å². The Labute approximate surface area is 312 Å². The zero-order valence-electron chi connectivity index (χ0n) is 32.8. The number of allylic oxidation sites excluding steroid dienone is 4. The number of ether oxygens (including phenoxy) is 2. The summed E-state index contributed by atoms with van der Waals surface area (Å²) in [5, 5.41) is 0. The Morgan fingerprint density at radius 2 is 0.980 bits per heavy atom. The predicted octanol–water partition coefficient (Wildman–Crippen LogP) is 11.6. The summed E-state index contributed by atoms with van der Waals surface area (Å²) in [6, 6.07) is 0. The van der Waals surface area contributed by atoms with Gasteiger partial charge in [0.2, 0.25) is 0 Å². The van der Waals surface area contributed by atoms with Crippen LogP contribution in [0.5, 0.6) is 0 Å². The van der Waals surface area contributed by atoms with Crippen LogP contribution in [0.15, 0.2) is 24.3 Å². The van der Waals surface area contributed by atoms with Crippen molar-refractivity contribution in [2.24, 2.45) is 5.73 Å². The number of esters is 2. The number of carbonyl (C=O) groups is 2. The summed E-state index contributed by atoms with van der Waals surface area (Å²) >= 11 is 0. The van der Waals surface area contributed by atoms with Crippen LogP contribution < -0.4 is 5.73 Å². The molecule has 0 aromatic rings. The molecule has 0 aromatic heterocycles. The van der Waals surface area contributed by atoms with Crippen molar-refractivity contribution in [3.63, 3.8) is 0 Å². The summed E-state index contributed by atoms with van der Waals surface area (Å²) in [7, 11) is -4.37. The highest BCUT2D eigenvalue weighted by Gasteiger charge is 2.26. The van der Waals surface area contributed by atoms with Gasteiger partial charge in [0, 0.05) is 19.4 Å². The van der Waals surface area contributed by atoms with Crippen LogP contribution in [0, 0.1) is 0 Å². The minimum atomic E-state index is -4.37. The van der Waals surface area contributed by atoms with Gasteiger partial charge in [0.05, 0.1) is 13.2 Å².